The topological polar surface area (TPSA) is 85.4 Å². The SMILES string of the molecule is COc1ccc(CN(Cc2ccc3c(c2)OCO3)Cc2nc(C(=O)NCCN(C)C)cs2)c(OC)c1. The molecule has 0 aliphatic carbocycles. The number of hydrogen-bond acceptors (Lipinski definition) is 9. The molecule has 192 valence electrons. The van der Waals surface area contributed by atoms with E-state index in [1.54, 1.807) is 14.2 Å². The highest BCUT2D eigenvalue weighted by Gasteiger charge is 2.18. The van der Waals surface area contributed by atoms with Crippen LogP contribution < -0.4 is 24.3 Å². The van der Waals surface area contributed by atoms with E-state index in [4.69, 9.17) is 18.9 Å². The normalized spacial score (nSPS) is 12.3. The van der Waals surface area contributed by atoms with E-state index < -0.39 is 0 Å². The quantitative estimate of drug-likeness (QED) is 0.395. The van der Waals surface area contributed by atoms with E-state index in [1.165, 1.54) is 11.3 Å². The van der Waals surface area contributed by atoms with Gasteiger partial charge in [0.1, 0.15) is 22.2 Å². The summed E-state index contributed by atoms with van der Waals surface area (Å²) in [4.78, 5) is 21.4. The lowest BCUT2D eigenvalue weighted by molar-refractivity contribution is 0.0946. The molecule has 0 bridgehead atoms. The monoisotopic (exact) mass is 512 g/mol. The highest BCUT2D eigenvalue weighted by atomic mass is 32.1. The molecule has 0 atom stereocenters. The van der Waals surface area contributed by atoms with Crippen LogP contribution in [0.15, 0.2) is 41.8 Å². The molecule has 10 heteroatoms. The van der Waals surface area contributed by atoms with Gasteiger partial charge in [0.15, 0.2) is 11.5 Å². The van der Waals surface area contributed by atoms with Crippen molar-refractivity contribution in [2.24, 2.45) is 0 Å². The number of methoxy groups -OCH3 is 2. The number of benzene rings is 2. The van der Waals surface area contributed by atoms with Gasteiger partial charge in [0, 0.05) is 43.2 Å². The van der Waals surface area contributed by atoms with Gasteiger partial charge in [-0.25, -0.2) is 4.98 Å². The van der Waals surface area contributed by atoms with E-state index in [1.807, 2.05) is 60.8 Å². The summed E-state index contributed by atoms with van der Waals surface area (Å²) in [5.41, 5.74) is 2.56. The summed E-state index contributed by atoms with van der Waals surface area (Å²) in [6.45, 7) is 3.42. The number of aromatic nitrogens is 1. The molecule has 1 aliphatic rings. The van der Waals surface area contributed by atoms with Crippen LogP contribution in [0.2, 0.25) is 0 Å². The molecule has 0 unspecified atom stereocenters. The van der Waals surface area contributed by atoms with Gasteiger partial charge in [-0.15, -0.1) is 11.3 Å². The summed E-state index contributed by atoms with van der Waals surface area (Å²) in [7, 11) is 7.23. The Kier molecular flexibility index (Phi) is 8.63. The molecular formula is C26H32N4O5S. The fourth-order valence-electron chi connectivity index (χ4n) is 3.85. The predicted octanol–water partition coefficient (Wildman–Crippen LogP) is 3.38. The smallest absolute Gasteiger partial charge is 0.270 e. The lowest BCUT2D eigenvalue weighted by atomic mass is 10.1. The Morgan fingerprint density at radius 3 is 2.67 bits per heavy atom. The summed E-state index contributed by atoms with van der Waals surface area (Å²) in [5, 5.41) is 5.60. The van der Waals surface area contributed by atoms with E-state index in [2.05, 4.69) is 15.2 Å². The van der Waals surface area contributed by atoms with Crippen LogP contribution in [0.5, 0.6) is 23.0 Å². The molecule has 0 saturated carbocycles. The van der Waals surface area contributed by atoms with Crippen LogP contribution in [0.4, 0.5) is 0 Å². The van der Waals surface area contributed by atoms with E-state index >= 15 is 0 Å². The number of fused-ring (bicyclic) bond motifs is 1. The van der Waals surface area contributed by atoms with Crippen molar-refractivity contribution in [3.05, 3.63) is 63.6 Å². The zero-order valence-electron chi connectivity index (χ0n) is 21.1. The zero-order chi connectivity index (χ0) is 25.5. The number of likely N-dealkylation sites (N-methyl/N-ethyl adjacent to an activating group) is 1. The molecule has 1 aromatic heterocycles. The minimum atomic E-state index is -0.154. The molecule has 1 amide bonds. The van der Waals surface area contributed by atoms with Crippen LogP contribution in [0.25, 0.3) is 0 Å². The number of hydrogen-bond donors (Lipinski definition) is 1. The van der Waals surface area contributed by atoms with Crippen LogP contribution in [0, 0.1) is 0 Å². The lowest BCUT2D eigenvalue weighted by Gasteiger charge is -2.23. The standard InChI is InChI=1S/C26H32N4O5S/c1-29(2)10-9-27-26(31)21-16-36-25(28-21)15-30(13-18-5-8-22-24(11-18)35-17-34-22)14-19-6-7-20(32-3)12-23(19)33-4/h5-8,11-12,16H,9-10,13-15,17H2,1-4H3,(H,27,31). The third-order valence-electron chi connectivity index (χ3n) is 5.72. The van der Waals surface area contributed by atoms with E-state index in [0.29, 0.717) is 31.9 Å². The average Bonchev–Trinajstić information content (AvgIpc) is 3.53. The first-order chi connectivity index (χ1) is 17.4. The Morgan fingerprint density at radius 2 is 1.89 bits per heavy atom. The van der Waals surface area contributed by atoms with Crippen LogP contribution in [0.3, 0.4) is 0 Å². The molecule has 2 heterocycles. The fourth-order valence-corrected chi connectivity index (χ4v) is 4.67. The number of amides is 1. The van der Waals surface area contributed by atoms with Gasteiger partial charge in [-0.05, 0) is 37.9 Å². The number of carbonyl (C=O) groups excluding carboxylic acids is 1. The molecule has 0 saturated heterocycles. The minimum Gasteiger partial charge on any atom is -0.497 e. The number of thiazole rings is 1. The molecule has 1 aliphatic heterocycles. The van der Waals surface area contributed by atoms with Gasteiger partial charge in [0.25, 0.3) is 5.91 Å². The number of carbonyl (C=O) groups is 1. The second kappa shape index (κ2) is 12.1. The first-order valence-corrected chi connectivity index (χ1v) is 12.5. The van der Waals surface area contributed by atoms with Crippen LogP contribution in [0.1, 0.15) is 26.6 Å². The van der Waals surface area contributed by atoms with Crippen molar-refractivity contribution in [1.82, 2.24) is 20.1 Å². The number of ether oxygens (including phenoxy) is 4. The van der Waals surface area contributed by atoms with Crippen molar-refractivity contribution in [3.63, 3.8) is 0 Å². The first-order valence-electron chi connectivity index (χ1n) is 11.6. The summed E-state index contributed by atoms with van der Waals surface area (Å²) in [6, 6.07) is 11.8. The summed E-state index contributed by atoms with van der Waals surface area (Å²) in [6.07, 6.45) is 0. The molecule has 2 aromatic carbocycles. The van der Waals surface area contributed by atoms with Gasteiger partial charge in [-0.2, -0.15) is 0 Å². The third-order valence-corrected chi connectivity index (χ3v) is 6.55. The molecule has 0 radical (unpaired) electrons. The second-order valence-corrected chi connectivity index (χ2v) is 9.64. The summed E-state index contributed by atoms with van der Waals surface area (Å²) in [5.74, 6) is 2.85. The zero-order valence-corrected chi connectivity index (χ0v) is 21.9. The predicted molar refractivity (Wildman–Crippen MR) is 138 cm³/mol. The number of rotatable bonds is 12. The maximum absolute atomic E-state index is 12.5. The Labute approximate surface area is 215 Å². The minimum absolute atomic E-state index is 0.154. The molecular weight excluding hydrogens is 480 g/mol. The second-order valence-electron chi connectivity index (χ2n) is 8.70. The maximum atomic E-state index is 12.5. The molecule has 36 heavy (non-hydrogen) atoms. The lowest BCUT2D eigenvalue weighted by Crippen LogP contribution is -2.31. The Morgan fingerprint density at radius 1 is 1.06 bits per heavy atom. The van der Waals surface area contributed by atoms with E-state index in [-0.39, 0.29) is 12.7 Å². The maximum Gasteiger partial charge on any atom is 0.270 e. The third kappa shape index (κ3) is 6.66. The molecule has 4 rings (SSSR count). The van der Waals surface area contributed by atoms with Crippen molar-refractivity contribution < 1.29 is 23.7 Å². The molecule has 1 N–H and O–H groups in total. The molecule has 0 fully saturated rings. The van der Waals surface area contributed by atoms with E-state index in [9.17, 15) is 4.79 Å². The fraction of sp³-hybridized carbons (Fsp3) is 0.385. The summed E-state index contributed by atoms with van der Waals surface area (Å²) >= 11 is 1.48. The first kappa shape index (κ1) is 25.7. The van der Waals surface area contributed by atoms with E-state index in [0.717, 1.165) is 45.7 Å². The van der Waals surface area contributed by atoms with Gasteiger partial charge < -0.3 is 29.2 Å². The van der Waals surface area contributed by atoms with Crippen molar-refractivity contribution in [3.8, 4) is 23.0 Å². The van der Waals surface area contributed by atoms with Gasteiger partial charge in [0.05, 0.1) is 20.8 Å². The molecule has 9 nitrogen and oxygen atoms in total. The highest BCUT2D eigenvalue weighted by molar-refractivity contribution is 7.09. The number of nitrogens with zero attached hydrogens (tertiary/aromatic N) is 3. The van der Waals surface area contributed by atoms with Gasteiger partial charge in [0.2, 0.25) is 6.79 Å². The van der Waals surface area contributed by atoms with Crippen LogP contribution >= 0.6 is 11.3 Å². The molecule has 3 aromatic rings. The Hall–Kier alpha value is -3.34. The number of nitrogens with one attached hydrogen (secondary N) is 1. The largest absolute Gasteiger partial charge is 0.497 e. The van der Waals surface area contributed by atoms with Crippen molar-refractivity contribution in [2.75, 3.05) is 48.2 Å². The van der Waals surface area contributed by atoms with Crippen LogP contribution in [-0.2, 0) is 19.6 Å². The van der Waals surface area contributed by atoms with Gasteiger partial charge in [-0.1, -0.05) is 12.1 Å². The average molecular weight is 513 g/mol. The van der Waals surface area contributed by atoms with Crippen LogP contribution in [-0.4, -0.2) is 68.9 Å². The Balaban J connectivity index is 1.51. The van der Waals surface area contributed by atoms with Crippen molar-refractivity contribution >= 4 is 17.2 Å². The van der Waals surface area contributed by atoms with Crippen molar-refractivity contribution in [2.45, 2.75) is 19.6 Å². The highest BCUT2D eigenvalue weighted by Crippen LogP contribution is 2.33. The molecule has 0 spiro atoms. The Bertz CT molecular complexity index is 1180. The van der Waals surface area contributed by atoms with Gasteiger partial charge >= 0.3 is 0 Å². The van der Waals surface area contributed by atoms with Gasteiger partial charge in [-0.3, -0.25) is 9.69 Å². The van der Waals surface area contributed by atoms with Crippen molar-refractivity contribution in [1.29, 1.82) is 0 Å². The summed E-state index contributed by atoms with van der Waals surface area (Å²) < 4.78 is 22.0.